The van der Waals surface area contributed by atoms with E-state index in [-0.39, 0.29) is 0 Å². The monoisotopic (exact) mass is 307 g/mol. The average molecular weight is 307 g/mol. The van der Waals surface area contributed by atoms with E-state index in [4.69, 9.17) is 9.84 Å². The van der Waals surface area contributed by atoms with Crippen molar-refractivity contribution in [1.82, 2.24) is 5.32 Å². The molecule has 0 heterocycles. The molecule has 1 unspecified atom stereocenters. The van der Waals surface area contributed by atoms with Crippen LogP contribution < -0.4 is 10.1 Å². The number of carbonyl (C=O) groups excluding carboxylic acids is 1. The molecule has 1 aromatic carbocycles. The molecule has 0 aliphatic heterocycles. The molecular formula is C17H25NO4. The van der Waals surface area contributed by atoms with Crippen LogP contribution in [0.15, 0.2) is 18.2 Å². The first-order valence-electron chi connectivity index (χ1n) is 7.37. The van der Waals surface area contributed by atoms with Gasteiger partial charge in [-0.1, -0.05) is 26.0 Å². The van der Waals surface area contributed by atoms with Crippen molar-refractivity contribution >= 4 is 11.9 Å². The van der Waals surface area contributed by atoms with Crippen LogP contribution in [0.2, 0.25) is 0 Å². The molecule has 1 rings (SSSR count). The fourth-order valence-electron chi connectivity index (χ4n) is 1.81. The van der Waals surface area contributed by atoms with Crippen molar-refractivity contribution in [3.05, 3.63) is 29.3 Å². The summed E-state index contributed by atoms with van der Waals surface area (Å²) >= 11 is 0. The summed E-state index contributed by atoms with van der Waals surface area (Å²) in [7, 11) is 0. The van der Waals surface area contributed by atoms with Crippen molar-refractivity contribution < 1.29 is 19.4 Å². The van der Waals surface area contributed by atoms with Gasteiger partial charge in [0.2, 0.25) is 0 Å². The van der Waals surface area contributed by atoms with E-state index >= 15 is 0 Å². The molecule has 122 valence electrons. The van der Waals surface area contributed by atoms with Gasteiger partial charge in [-0.2, -0.15) is 0 Å². The van der Waals surface area contributed by atoms with Gasteiger partial charge in [0.25, 0.3) is 5.91 Å². The fourth-order valence-corrected chi connectivity index (χ4v) is 1.81. The summed E-state index contributed by atoms with van der Waals surface area (Å²) in [5.74, 6) is -0.548. The number of amides is 1. The highest BCUT2D eigenvalue weighted by Crippen LogP contribution is 2.25. The number of benzene rings is 1. The molecule has 0 radical (unpaired) electrons. The van der Waals surface area contributed by atoms with Gasteiger partial charge < -0.3 is 15.2 Å². The van der Waals surface area contributed by atoms with Gasteiger partial charge in [0, 0.05) is 0 Å². The maximum Gasteiger partial charge on any atom is 0.328 e. The number of aryl methyl sites for hydroxylation is 1. The Labute approximate surface area is 131 Å². The number of rotatable bonds is 6. The van der Waals surface area contributed by atoms with Gasteiger partial charge >= 0.3 is 5.97 Å². The lowest BCUT2D eigenvalue weighted by Gasteiger charge is -2.24. The summed E-state index contributed by atoms with van der Waals surface area (Å²) in [4.78, 5) is 23.2. The fraction of sp³-hybridized carbons (Fsp3) is 0.529. The van der Waals surface area contributed by atoms with Crippen LogP contribution in [0.3, 0.4) is 0 Å². The first-order valence-corrected chi connectivity index (χ1v) is 7.37. The molecule has 1 aromatic rings. The van der Waals surface area contributed by atoms with Gasteiger partial charge in [-0.15, -0.1) is 0 Å². The smallest absolute Gasteiger partial charge is 0.328 e. The normalized spacial score (nSPS) is 12.9. The first-order chi connectivity index (χ1) is 10.0. The minimum Gasteiger partial charge on any atom is -0.481 e. The number of carboxylic acid groups (broad SMARTS) is 1. The molecule has 5 nitrogen and oxygen atoms in total. The maximum atomic E-state index is 12.1. The SMILES string of the molecule is Cc1ccc(C(C)C)cc1OC(C)C(=O)NC(C)(C)C(=O)O. The second kappa shape index (κ2) is 6.81. The van der Waals surface area contributed by atoms with E-state index in [1.807, 2.05) is 25.1 Å². The van der Waals surface area contributed by atoms with Gasteiger partial charge in [-0.3, -0.25) is 4.79 Å². The molecule has 5 heteroatoms. The summed E-state index contributed by atoms with van der Waals surface area (Å²) in [5.41, 5.74) is 0.726. The Morgan fingerprint density at radius 1 is 1.23 bits per heavy atom. The number of ether oxygens (including phenoxy) is 1. The van der Waals surface area contributed by atoms with E-state index in [0.717, 1.165) is 11.1 Å². The predicted octanol–water partition coefficient (Wildman–Crippen LogP) is 2.87. The Kier molecular flexibility index (Phi) is 5.58. The molecule has 0 bridgehead atoms. The highest BCUT2D eigenvalue weighted by atomic mass is 16.5. The van der Waals surface area contributed by atoms with Crippen LogP contribution in [0.5, 0.6) is 5.75 Å². The van der Waals surface area contributed by atoms with Crippen molar-refractivity contribution in [2.45, 2.75) is 59.1 Å². The molecule has 0 aliphatic rings. The van der Waals surface area contributed by atoms with E-state index in [2.05, 4.69) is 19.2 Å². The topological polar surface area (TPSA) is 75.6 Å². The summed E-state index contributed by atoms with van der Waals surface area (Å²) in [6.07, 6.45) is -0.778. The molecule has 0 fully saturated rings. The Morgan fingerprint density at radius 2 is 1.82 bits per heavy atom. The van der Waals surface area contributed by atoms with E-state index in [1.54, 1.807) is 6.92 Å². The Balaban J connectivity index is 2.84. The van der Waals surface area contributed by atoms with Crippen LogP contribution in [0, 0.1) is 6.92 Å². The summed E-state index contributed by atoms with van der Waals surface area (Å²) < 4.78 is 5.72. The number of aliphatic carboxylic acids is 1. The second-order valence-electron chi connectivity index (χ2n) is 6.36. The largest absolute Gasteiger partial charge is 0.481 e. The maximum absolute atomic E-state index is 12.1. The molecular weight excluding hydrogens is 282 g/mol. The third kappa shape index (κ3) is 4.48. The average Bonchev–Trinajstić information content (AvgIpc) is 2.40. The van der Waals surface area contributed by atoms with E-state index in [9.17, 15) is 9.59 Å². The van der Waals surface area contributed by atoms with Crippen molar-refractivity contribution in [1.29, 1.82) is 0 Å². The molecule has 0 aliphatic carbocycles. The zero-order valence-corrected chi connectivity index (χ0v) is 14.1. The zero-order chi connectivity index (χ0) is 17.1. The van der Waals surface area contributed by atoms with E-state index < -0.39 is 23.5 Å². The minimum absolute atomic E-state index is 0.359. The van der Waals surface area contributed by atoms with Crippen molar-refractivity contribution in [3.63, 3.8) is 0 Å². The van der Waals surface area contributed by atoms with Crippen molar-refractivity contribution in [2.75, 3.05) is 0 Å². The van der Waals surface area contributed by atoms with Crippen molar-refractivity contribution in [3.8, 4) is 5.75 Å². The minimum atomic E-state index is -1.33. The van der Waals surface area contributed by atoms with Crippen molar-refractivity contribution in [2.24, 2.45) is 0 Å². The summed E-state index contributed by atoms with van der Waals surface area (Å²) in [5, 5.41) is 11.5. The van der Waals surface area contributed by atoms with E-state index in [1.165, 1.54) is 13.8 Å². The van der Waals surface area contributed by atoms with Crippen LogP contribution >= 0.6 is 0 Å². The predicted molar refractivity (Wildman–Crippen MR) is 85.2 cm³/mol. The summed E-state index contributed by atoms with van der Waals surface area (Å²) in [6.45, 7) is 10.6. The molecule has 0 saturated carbocycles. The lowest BCUT2D eigenvalue weighted by atomic mass is 10.0. The Bertz CT molecular complexity index is 564. The van der Waals surface area contributed by atoms with Gasteiger partial charge in [0.1, 0.15) is 11.3 Å². The molecule has 1 amide bonds. The van der Waals surface area contributed by atoms with Crippen LogP contribution in [0.1, 0.15) is 51.7 Å². The molecule has 0 aromatic heterocycles. The van der Waals surface area contributed by atoms with Gasteiger partial charge in [0.15, 0.2) is 6.10 Å². The van der Waals surface area contributed by atoms with E-state index in [0.29, 0.717) is 11.7 Å². The van der Waals surface area contributed by atoms with Gasteiger partial charge in [0.05, 0.1) is 0 Å². The Morgan fingerprint density at radius 3 is 2.32 bits per heavy atom. The molecule has 0 spiro atoms. The molecule has 22 heavy (non-hydrogen) atoms. The lowest BCUT2D eigenvalue weighted by molar-refractivity contribution is -0.147. The standard InChI is InChI=1S/C17H25NO4/c1-10(2)13-8-7-11(3)14(9-13)22-12(4)15(19)18-17(5,6)16(20)21/h7-10,12H,1-6H3,(H,18,19)(H,20,21). The lowest BCUT2D eigenvalue weighted by Crippen LogP contribution is -2.53. The van der Waals surface area contributed by atoms with Crippen LogP contribution in [0.4, 0.5) is 0 Å². The number of hydrogen-bond acceptors (Lipinski definition) is 3. The highest BCUT2D eigenvalue weighted by Gasteiger charge is 2.31. The van der Waals surface area contributed by atoms with Crippen LogP contribution in [-0.2, 0) is 9.59 Å². The van der Waals surface area contributed by atoms with Gasteiger partial charge in [-0.25, -0.2) is 4.79 Å². The molecule has 0 saturated heterocycles. The number of hydrogen-bond donors (Lipinski definition) is 2. The summed E-state index contributed by atoms with van der Waals surface area (Å²) in [6, 6.07) is 5.91. The third-order valence-electron chi connectivity index (χ3n) is 3.52. The number of carboxylic acids is 1. The molecule has 2 N–H and O–H groups in total. The van der Waals surface area contributed by atoms with Crippen LogP contribution in [-0.4, -0.2) is 28.6 Å². The zero-order valence-electron chi connectivity index (χ0n) is 14.1. The third-order valence-corrected chi connectivity index (χ3v) is 3.52. The number of nitrogens with one attached hydrogen (secondary N) is 1. The number of carbonyl (C=O) groups is 2. The Hall–Kier alpha value is -2.04. The van der Waals surface area contributed by atoms with Gasteiger partial charge in [-0.05, 0) is 50.8 Å². The molecule has 1 atom stereocenters. The highest BCUT2D eigenvalue weighted by molar-refractivity contribution is 5.88. The quantitative estimate of drug-likeness (QED) is 0.847. The second-order valence-corrected chi connectivity index (χ2v) is 6.36. The first kappa shape index (κ1) is 18.0. The van der Waals surface area contributed by atoms with Crippen LogP contribution in [0.25, 0.3) is 0 Å².